The van der Waals surface area contributed by atoms with E-state index in [1.807, 2.05) is 30.3 Å². The van der Waals surface area contributed by atoms with Crippen molar-refractivity contribution in [3.63, 3.8) is 0 Å². The molecule has 49 valence electrons. The van der Waals surface area contributed by atoms with E-state index in [0.717, 1.165) is 11.1 Å². The first kappa shape index (κ1) is 6.81. The molecule has 0 heteroatoms. The molecule has 1 aromatic rings. The smallest absolute Gasteiger partial charge is 0.0183 e. The molecule has 0 aliphatic heterocycles. The predicted octanol–water partition coefficient (Wildman–Crippen LogP) is 2.67. The van der Waals surface area contributed by atoms with Crippen molar-refractivity contribution < 1.29 is 0 Å². The van der Waals surface area contributed by atoms with Crippen LogP contribution in [0, 0.1) is 6.08 Å². The van der Waals surface area contributed by atoms with Crippen molar-refractivity contribution in [2.24, 2.45) is 0 Å². The molecule has 0 unspecified atom stereocenters. The minimum absolute atomic E-state index is 1.02. The van der Waals surface area contributed by atoms with Crippen LogP contribution in [0.15, 0.2) is 37.4 Å². The standard InChI is InChI=1S/C10H9/c1-3-9-5-7-10(4-2)8-6-9/h3,5-8H,1-2H2. The van der Waals surface area contributed by atoms with Crippen LogP contribution < -0.4 is 0 Å². The number of hydrogen-bond donors (Lipinski definition) is 0. The topological polar surface area (TPSA) is 0 Å². The molecular weight excluding hydrogens is 120 g/mol. The molecule has 10 heavy (non-hydrogen) atoms. The van der Waals surface area contributed by atoms with E-state index < -0.39 is 0 Å². The molecule has 0 spiro atoms. The van der Waals surface area contributed by atoms with Gasteiger partial charge in [0.15, 0.2) is 0 Å². The molecule has 0 atom stereocenters. The Labute approximate surface area is 61.5 Å². The molecular formula is C10H9. The van der Waals surface area contributed by atoms with E-state index in [2.05, 4.69) is 19.2 Å². The highest BCUT2D eigenvalue weighted by atomic mass is 13.9. The molecule has 0 fully saturated rings. The van der Waals surface area contributed by atoms with Crippen molar-refractivity contribution in [3.05, 3.63) is 54.6 Å². The average Bonchev–Trinajstić information content (AvgIpc) is 2.05. The summed E-state index contributed by atoms with van der Waals surface area (Å²) >= 11 is 0. The summed E-state index contributed by atoms with van der Waals surface area (Å²) in [6, 6.07) is 7.90. The van der Waals surface area contributed by atoms with E-state index in [1.54, 1.807) is 0 Å². The van der Waals surface area contributed by atoms with Gasteiger partial charge in [0, 0.05) is 0 Å². The third-order valence-corrected chi connectivity index (χ3v) is 1.35. The molecule has 0 bridgehead atoms. The fourth-order valence-corrected chi connectivity index (χ4v) is 0.737. The second kappa shape index (κ2) is 3.02. The van der Waals surface area contributed by atoms with Gasteiger partial charge in [-0.1, -0.05) is 43.5 Å². The first-order valence-corrected chi connectivity index (χ1v) is 3.12. The van der Waals surface area contributed by atoms with Crippen molar-refractivity contribution in [1.29, 1.82) is 0 Å². The largest absolute Gasteiger partial charge is 0.0985 e. The summed E-state index contributed by atoms with van der Waals surface area (Å²) in [5, 5.41) is 0. The molecule has 0 aliphatic carbocycles. The first-order valence-electron chi connectivity index (χ1n) is 3.12. The monoisotopic (exact) mass is 129 g/mol. The van der Waals surface area contributed by atoms with Crippen LogP contribution in [-0.4, -0.2) is 0 Å². The summed E-state index contributed by atoms with van der Waals surface area (Å²) in [6.45, 7) is 7.19. The third-order valence-electron chi connectivity index (χ3n) is 1.35. The van der Waals surface area contributed by atoms with Gasteiger partial charge in [-0.2, -0.15) is 0 Å². The Hall–Kier alpha value is -1.30. The van der Waals surface area contributed by atoms with Crippen molar-refractivity contribution in [2.75, 3.05) is 0 Å². The zero-order valence-electron chi connectivity index (χ0n) is 5.80. The molecule has 1 radical (unpaired) electrons. The van der Waals surface area contributed by atoms with Crippen LogP contribution in [-0.2, 0) is 0 Å². The van der Waals surface area contributed by atoms with E-state index in [1.165, 1.54) is 0 Å². The van der Waals surface area contributed by atoms with E-state index in [9.17, 15) is 0 Å². The van der Waals surface area contributed by atoms with Crippen LogP contribution >= 0.6 is 0 Å². The van der Waals surface area contributed by atoms with E-state index >= 15 is 0 Å². The van der Waals surface area contributed by atoms with Gasteiger partial charge >= 0.3 is 0 Å². The van der Waals surface area contributed by atoms with Crippen molar-refractivity contribution in [1.82, 2.24) is 0 Å². The zero-order valence-corrected chi connectivity index (χ0v) is 5.80. The number of hydrogen-bond acceptors (Lipinski definition) is 0. The van der Waals surface area contributed by atoms with Gasteiger partial charge in [-0.25, -0.2) is 0 Å². The molecule has 0 amide bonds. The summed E-state index contributed by atoms with van der Waals surface area (Å²) in [5.41, 5.74) is 2.14. The van der Waals surface area contributed by atoms with Crippen molar-refractivity contribution in [2.45, 2.75) is 0 Å². The van der Waals surface area contributed by atoms with Gasteiger partial charge in [-0.3, -0.25) is 0 Å². The molecule has 1 rings (SSSR count). The Morgan fingerprint density at radius 1 is 1.20 bits per heavy atom. The summed E-state index contributed by atoms with van der Waals surface area (Å²) in [7, 11) is 0. The fraction of sp³-hybridized carbons (Fsp3) is 0. The molecule has 0 heterocycles. The predicted molar refractivity (Wildman–Crippen MR) is 44.5 cm³/mol. The number of rotatable bonds is 2. The Morgan fingerprint density at radius 3 is 2.20 bits per heavy atom. The highest BCUT2D eigenvalue weighted by Crippen LogP contribution is 2.04. The van der Waals surface area contributed by atoms with Crippen LogP contribution in [0.1, 0.15) is 11.1 Å². The Balaban J connectivity index is 3.00. The van der Waals surface area contributed by atoms with E-state index in [4.69, 9.17) is 0 Å². The minimum atomic E-state index is 1.02. The Bertz CT molecular complexity index is 202. The van der Waals surface area contributed by atoms with Gasteiger partial charge < -0.3 is 0 Å². The zero-order chi connectivity index (χ0) is 7.40. The van der Waals surface area contributed by atoms with Gasteiger partial charge in [0.2, 0.25) is 0 Å². The van der Waals surface area contributed by atoms with Crippen LogP contribution in [0.3, 0.4) is 0 Å². The SMILES string of the molecule is C=[C]c1ccc(C=C)cc1. The molecule has 0 N–H and O–H groups in total. The van der Waals surface area contributed by atoms with Crippen molar-refractivity contribution >= 4 is 6.08 Å². The maximum atomic E-state index is 3.65. The molecule has 0 aromatic heterocycles. The van der Waals surface area contributed by atoms with E-state index in [0.29, 0.717) is 0 Å². The average molecular weight is 129 g/mol. The van der Waals surface area contributed by atoms with Crippen LogP contribution in [0.4, 0.5) is 0 Å². The van der Waals surface area contributed by atoms with Crippen LogP contribution in [0.25, 0.3) is 6.08 Å². The van der Waals surface area contributed by atoms with Gasteiger partial charge in [-0.15, -0.1) is 0 Å². The number of benzene rings is 1. The minimum Gasteiger partial charge on any atom is -0.0985 e. The summed E-state index contributed by atoms with van der Waals surface area (Å²) in [6.07, 6.45) is 4.61. The molecule has 0 saturated carbocycles. The first-order chi connectivity index (χ1) is 4.86. The lowest BCUT2D eigenvalue weighted by atomic mass is 10.1. The third kappa shape index (κ3) is 1.35. The molecule has 1 aromatic carbocycles. The highest BCUT2D eigenvalue weighted by molar-refractivity contribution is 5.47. The lowest BCUT2D eigenvalue weighted by molar-refractivity contribution is 1.56. The van der Waals surface area contributed by atoms with Crippen LogP contribution in [0.5, 0.6) is 0 Å². The lowest BCUT2D eigenvalue weighted by Crippen LogP contribution is -1.73. The second-order valence-electron chi connectivity index (χ2n) is 2.00. The summed E-state index contributed by atoms with van der Waals surface area (Å²) < 4.78 is 0. The van der Waals surface area contributed by atoms with E-state index in [-0.39, 0.29) is 0 Å². The Kier molecular flexibility index (Phi) is 2.06. The summed E-state index contributed by atoms with van der Waals surface area (Å²) in [5.74, 6) is 0. The van der Waals surface area contributed by atoms with Gasteiger partial charge in [-0.05, 0) is 17.2 Å². The van der Waals surface area contributed by atoms with Crippen LogP contribution in [0.2, 0.25) is 0 Å². The molecule has 0 aliphatic rings. The summed E-state index contributed by atoms with van der Waals surface area (Å²) in [4.78, 5) is 0. The normalized spacial score (nSPS) is 8.80. The van der Waals surface area contributed by atoms with Gasteiger partial charge in [0.1, 0.15) is 0 Å². The molecule has 0 nitrogen and oxygen atoms in total. The van der Waals surface area contributed by atoms with Crippen molar-refractivity contribution in [3.8, 4) is 0 Å². The maximum absolute atomic E-state index is 3.65. The fourth-order valence-electron chi connectivity index (χ4n) is 0.737. The van der Waals surface area contributed by atoms with Gasteiger partial charge in [0.05, 0.1) is 0 Å². The van der Waals surface area contributed by atoms with Gasteiger partial charge in [0.25, 0.3) is 0 Å². The Morgan fingerprint density at radius 2 is 1.80 bits per heavy atom. The maximum Gasteiger partial charge on any atom is -0.0183 e. The quantitative estimate of drug-likeness (QED) is 0.576. The molecule has 0 saturated heterocycles. The highest BCUT2D eigenvalue weighted by Gasteiger charge is 1.84. The second-order valence-corrected chi connectivity index (χ2v) is 2.00. The lowest BCUT2D eigenvalue weighted by Gasteiger charge is -1.92.